The second-order valence-electron chi connectivity index (χ2n) is 4.72. The van der Waals surface area contributed by atoms with Gasteiger partial charge < -0.3 is 14.8 Å². The molecular weight excluding hydrogens is 212 g/mol. The van der Waals surface area contributed by atoms with E-state index >= 15 is 0 Å². The number of rotatable bonds is 2. The van der Waals surface area contributed by atoms with Crippen LogP contribution in [0.15, 0.2) is 24.3 Å². The summed E-state index contributed by atoms with van der Waals surface area (Å²) in [6.07, 6.45) is 1.19. The fourth-order valence-electron chi connectivity index (χ4n) is 2.58. The number of benzene rings is 1. The number of hydrogen-bond donors (Lipinski definition) is 1. The molecule has 1 unspecified atom stereocenters. The van der Waals surface area contributed by atoms with E-state index < -0.39 is 0 Å². The SMILES string of the molecule is CN(c1nc2ccccc2n1C)C1CCNC1. The number of hydrogen-bond acceptors (Lipinski definition) is 3. The number of anilines is 1. The monoisotopic (exact) mass is 230 g/mol. The van der Waals surface area contributed by atoms with Gasteiger partial charge in [-0.05, 0) is 25.1 Å². The highest BCUT2D eigenvalue weighted by Gasteiger charge is 2.22. The molecule has 17 heavy (non-hydrogen) atoms. The number of aryl methyl sites for hydroxylation is 1. The van der Waals surface area contributed by atoms with Gasteiger partial charge in [-0.1, -0.05) is 12.1 Å². The van der Waals surface area contributed by atoms with Gasteiger partial charge in [-0.2, -0.15) is 0 Å². The summed E-state index contributed by atoms with van der Waals surface area (Å²) in [4.78, 5) is 7.01. The van der Waals surface area contributed by atoms with Crippen LogP contribution >= 0.6 is 0 Å². The van der Waals surface area contributed by atoms with Crippen molar-refractivity contribution in [3.8, 4) is 0 Å². The Morgan fingerprint density at radius 1 is 1.41 bits per heavy atom. The van der Waals surface area contributed by atoms with Crippen LogP contribution in [0.1, 0.15) is 6.42 Å². The molecule has 1 aromatic carbocycles. The van der Waals surface area contributed by atoms with E-state index in [1.807, 2.05) is 6.07 Å². The summed E-state index contributed by atoms with van der Waals surface area (Å²) in [5.41, 5.74) is 2.27. The molecule has 3 rings (SSSR count). The Bertz CT molecular complexity index is 525. The van der Waals surface area contributed by atoms with Crippen LogP contribution in [0.3, 0.4) is 0 Å². The molecule has 2 heterocycles. The van der Waals surface area contributed by atoms with Gasteiger partial charge in [0.05, 0.1) is 11.0 Å². The van der Waals surface area contributed by atoms with E-state index in [-0.39, 0.29) is 0 Å². The highest BCUT2D eigenvalue weighted by atomic mass is 15.3. The van der Waals surface area contributed by atoms with Crippen LogP contribution in [0.4, 0.5) is 5.95 Å². The minimum Gasteiger partial charge on any atom is -0.341 e. The summed E-state index contributed by atoms with van der Waals surface area (Å²) in [7, 11) is 4.22. The highest BCUT2D eigenvalue weighted by Crippen LogP contribution is 2.22. The third-order valence-corrected chi connectivity index (χ3v) is 3.66. The largest absolute Gasteiger partial charge is 0.341 e. The molecule has 1 saturated heterocycles. The number of nitrogens with one attached hydrogen (secondary N) is 1. The third-order valence-electron chi connectivity index (χ3n) is 3.66. The average molecular weight is 230 g/mol. The van der Waals surface area contributed by atoms with Gasteiger partial charge in [0.25, 0.3) is 0 Å². The normalized spacial score (nSPS) is 20.0. The molecule has 1 aliphatic heterocycles. The van der Waals surface area contributed by atoms with Gasteiger partial charge in [0.2, 0.25) is 5.95 Å². The van der Waals surface area contributed by atoms with Gasteiger partial charge in [-0.15, -0.1) is 0 Å². The van der Waals surface area contributed by atoms with Crippen molar-refractivity contribution in [2.45, 2.75) is 12.5 Å². The Morgan fingerprint density at radius 2 is 2.24 bits per heavy atom. The molecule has 1 atom stereocenters. The Hall–Kier alpha value is -1.55. The van der Waals surface area contributed by atoms with Crippen molar-refractivity contribution >= 4 is 17.0 Å². The van der Waals surface area contributed by atoms with E-state index in [1.165, 1.54) is 11.9 Å². The standard InChI is InChI=1S/C13H18N4/c1-16(10-7-8-14-9-10)13-15-11-5-3-4-6-12(11)17(13)2/h3-6,10,14H,7-9H2,1-2H3. The zero-order valence-electron chi connectivity index (χ0n) is 10.3. The smallest absolute Gasteiger partial charge is 0.206 e. The lowest BCUT2D eigenvalue weighted by atomic mass is 10.2. The second-order valence-corrected chi connectivity index (χ2v) is 4.72. The van der Waals surface area contributed by atoms with Crippen LogP contribution in [0.2, 0.25) is 0 Å². The molecule has 0 spiro atoms. The van der Waals surface area contributed by atoms with Crippen molar-refractivity contribution in [2.75, 3.05) is 25.0 Å². The molecule has 2 aromatic rings. The first-order chi connectivity index (χ1) is 8.27. The van der Waals surface area contributed by atoms with Crippen molar-refractivity contribution in [1.82, 2.24) is 14.9 Å². The maximum Gasteiger partial charge on any atom is 0.206 e. The van der Waals surface area contributed by atoms with E-state index in [0.717, 1.165) is 24.6 Å². The number of likely N-dealkylation sites (N-methyl/N-ethyl adjacent to an activating group) is 1. The molecule has 0 amide bonds. The Morgan fingerprint density at radius 3 is 2.94 bits per heavy atom. The first-order valence-electron chi connectivity index (χ1n) is 6.12. The Labute approximate surface area is 101 Å². The first kappa shape index (κ1) is 10.6. The average Bonchev–Trinajstić information content (AvgIpc) is 2.97. The fraction of sp³-hybridized carbons (Fsp3) is 0.462. The summed E-state index contributed by atoms with van der Waals surface area (Å²) in [5.74, 6) is 1.06. The topological polar surface area (TPSA) is 33.1 Å². The van der Waals surface area contributed by atoms with E-state index in [9.17, 15) is 0 Å². The minimum absolute atomic E-state index is 0.561. The summed E-state index contributed by atoms with van der Waals surface area (Å²) in [6, 6.07) is 8.85. The molecule has 0 aliphatic carbocycles. The highest BCUT2D eigenvalue weighted by molar-refractivity contribution is 5.78. The molecule has 0 saturated carbocycles. The van der Waals surface area contributed by atoms with E-state index in [1.54, 1.807) is 0 Å². The van der Waals surface area contributed by atoms with Crippen LogP contribution in [-0.2, 0) is 7.05 Å². The predicted octanol–water partition coefficient (Wildman–Crippen LogP) is 1.37. The quantitative estimate of drug-likeness (QED) is 0.846. The molecule has 4 heteroatoms. The van der Waals surface area contributed by atoms with E-state index in [4.69, 9.17) is 4.98 Å². The van der Waals surface area contributed by atoms with Crippen LogP contribution in [0, 0.1) is 0 Å². The predicted molar refractivity (Wildman–Crippen MR) is 70.4 cm³/mol. The van der Waals surface area contributed by atoms with Crippen LogP contribution in [0.5, 0.6) is 0 Å². The number of imidazole rings is 1. The molecular formula is C13H18N4. The molecule has 1 N–H and O–H groups in total. The Balaban J connectivity index is 2.01. The van der Waals surface area contributed by atoms with Gasteiger partial charge >= 0.3 is 0 Å². The summed E-state index contributed by atoms with van der Waals surface area (Å²) < 4.78 is 2.17. The zero-order chi connectivity index (χ0) is 11.8. The van der Waals surface area contributed by atoms with Gasteiger partial charge in [0.15, 0.2) is 0 Å². The van der Waals surface area contributed by atoms with Crippen molar-refractivity contribution in [2.24, 2.45) is 7.05 Å². The van der Waals surface area contributed by atoms with Gasteiger partial charge in [-0.3, -0.25) is 0 Å². The lowest BCUT2D eigenvalue weighted by Crippen LogP contribution is -2.35. The van der Waals surface area contributed by atoms with Gasteiger partial charge in [0, 0.05) is 26.7 Å². The Kier molecular flexibility index (Phi) is 2.52. The molecule has 1 aliphatic rings. The molecule has 1 aromatic heterocycles. The number of aromatic nitrogens is 2. The summed E-state index contributed by atoms with van der Waals surface area (Å²) in [5, 5.41) is 3.40. The second kappa shape index (κ2) is 4.04. The molecule has 90 valence electrons. The number of para-hydroxylation sites is 2. The molecule has 1 fully saturated rings. The van der Waals surface area contributed by atoms with Crippen molar-refractivity contribution in [3.05, 3.63) is 24.3 Å². The first-order valence-corrected chi connectivity index (χ1v) is 6.12. The maximum absolute atomic E-state index is 4.72. The summed E-state index contributed by atoms with van der Waals surface area (Å²) >= 11 is 0. The van der Waals surface area contributed by atoms with Gasteiger partial charge in [0.1, 0.15) is 0 Å². The van der Waals surface area contributed by atoms with E-state index in [0.29, 0.717) is 6.04 Å². The molecule has 0 bridgehead atoms. The lowest BCUT2D eigenvalue weighted by Gasteiger charge is -2.24. The molecule has 0 radical (unpaired) electrons. The third kappa shape index (κ3) is 1.69. The van der Waals surface area contributed by atoms with Crippen LogP contribution < -0.4 is 10.2 Å². The van der Waals surface area contributed by atoms with Crippen LogP contribution in [-0.4, -0.2) is 35.7 Å². The lowest BCUT2D eigenvalue weighted by molar-refractivity contribution is 0.658. The zero-order valence-corrected chi connectivity index (χ0v) is 10.3. The van der Waals surface area contributed by atoms with E-state index in [2.05, 4.69) is 47.1 Å². The van der Waals surface area contributed by atoms with Gasteiger partial charge in [-0.25, -0.2) is 4.98 Å². The molecule has 4 nitrogen and oxygen atoms in total. The maximum atomic E-state index is 4.72. The van der Waals surface area contributed by atoms with Crippen molar-refractivity contribution < 1.29 is 0 Å². The number of fused-ring (bicyclic) bond motifs is 1. The minimum atomic E-state index is 0.561. The number of nitrogens with zero attached hydrogens (tertiary/aromatic N) is 3. The summed E-state index contributed by atoms with van der Waals surface area (Å²) in [6.45, 7) is 2.17. The van der Waals surface area contributed by atoms with Crippen molar-refractivity contribution in [3.63, 3.8) is 0 Å². The van der Waals surface area contributed by atoms with Crippen molar-refractivity contribution in [1.29, 1.82) is 0 Å². The fourth-order valence-corrected chi connectivity index (χ4v) is 2.58. The van der Waals surface area contributed by atoms with Crippen LogP contribution in [0.25, 0.3) is 11.0 Å².